The van der Waals surface area contributed by atoms with Crippen molar-refractivity contribution < 1.29 is 18.0 Å². The second-order valence-electron chi connectivity index (χ2n) is 6.70. The van der Waals surface area contributed by atoms with E-state index in [4.69, 9.17) is 11.6 Å². The molecule has 0 saturated carbocycles. The fraction of sp³-hybridized carbons (Fsp3) is 0.350. The molecule has 2 aromatic carbocycles. The number of carbonyl (C=O) groups is 1. The number of likely N-dealkylation sites (N-methyl/N-ethyl adjacent to an activating group) is 1. The number of alkyl halides is 3. The number of hydrogen-bond donors (Lipinski definition) is 1. The van der Waals surface area contributed by atoms with Gasteiger partial charge >= 0.3 is 6.18 Å². The Bertz CT molecular complexity index is 836. The standard InChI is InChI=1S/C20H22ClF3N2O/c1-12-5-6-15(13(2)9-12)11-26(4)14(3)19(27)25-18-8-7-16(21)10-17(18)20(22,23)24/h5-10,14H,11H2,1-4H3,(H,25,27). The number of halogens is 4. The lowest BCUT2D eigenvalue weighted by atomic mass is 10.0. The number of nitrogens with zero attached hydrogens (tertiary/aromatic N) is 1. The van der Waals surface area contributed by atoms with Gasteiger partial charge in [0.2, 0.25) is 5.91 Å². The zero-order chi connectivity index (χ0) is 20.4. The molecule has 2 rings (SSSR count). The molecular formula is C20H22ClF3N2O. The van der Waals surface area contributed by atoms with Crippen molar-refractivity contribution in [2.45, 2.75) is 39.5 Å². The summed E-state index contributed by atoms with van der Waals surface area (Å²) >= 11 is 5.67. The Kier molecular flexibility index (Phi) is 6.54. The van der Waals surface area contributed by atoms with Crippen LogP contribution in [0.25, 0.3) is 0 Å². The minimum atomic E-state index is -4.61. The summed E-state index contributed by atoms with van der Waals surface area (Å²) in [5.74, 6) is -0.518. The fourth-order valence-corrected chi connectivity index (χ4v) is 2.90. The van der Waals surface area contributed by atoms with Crippen LogP contribution in [-0.2, 0) is 17.5 Å². The predicted molar refractivity (Wildman–Crippen MR) is 102 cm³/mol. The first-order valence-electron chi connectivity index (χ1n) is 8.43. The van der Waals surface area contributed by atoms with Crippen LogP contribution in [0.3, 0.4) is 0 Å². The predicted octanol–water partition coefficient (Wildman–Crippen LogP) is 5.43. The Morgan fingerprint density at radius 2 is 1.85 bits per heavy atom. The molecule has 0 aromatic heterocycles. The number of anilines is 1. The first-order chi connectivity index (χ1) is 12.5. The van der Waals surface area contributed by atoms with Crippen molar-refractivity contribution in [2.75, 3.05) is 12.4 Å². The van der Waals surface area contributed by atoms with E-state index in [9.17, 15) is 18.0 Å². The molecule has 1 N–H and O–H groups in total. The normalized spacial score (nSPS) is 12.9. The van der Waals surface area contributed by atoms with Crippen LogP contribution in [0.15, 0.2) is 36.4 Å². The Hall–Kier alpha value is -2.05. The number of rotatable bonds is 5. The van der Waals surface area contributed by atoms with Crippen LogP contribution in [0.5, 0.6) is 0 Å². The van der Waals surface area contributed by atoms with Crippen LogP contribution in [0, 0.1) is 13.8 Å². The molecule has 2 aromatic rings. The van der Waals surface area contributed by atoms with Crippen LogP contribution in [0.4, 0.5) is 18.9 Å². The highest BCUT2D eigenvalue weighted by molar-refractivity contribution is 6.30. The van der Waals surface area contributed by atoms with Gasteiger partial charge in [-0.2, -0.15) is 13.2 Å². The number of hydrogen-bond acceptors (Lipinski definition) is 2. The molecule has 0 aliphatic rings. The van der Waals surface area contributed by atoms with Crippen LogP contribution in [0.2, 0.25) is 5.02 Å². The number of benzene rings is 2. The first-order valence-corrected chi connectivity index (χ1v) is 8.81. The minimum Gasteiger partial charge on any atom is -0.324 e. The quantitative estimate of drug-likeness (QED) is 0.727. The molecule has 1 unspecified atom stereocenters. The van der Waals surface area contributed by atoms with E-state index in [0.717, 1.165) is 22.8 Å². The van der Waals surface area contributed by atoms with Crippen molar-refractivity contribution in [2.24, 2.45) is 0 Å². The molecular weight excluding hydrogens is 377 g/mol. The lowest BCUT2D eigenvalue weighted by molar-refractivity contribution is -0.137. The summed E-state index contributed by atoms with van der Waals surface area (Å²) in [6.07, 6.45) is -4.61. The monoisotopic (exact) mass is 398 g/mol. The van der Waals surface area contributed by atoms with Crippen LogP contribution >= 0.6 is 11.6 Å². The Morgan fingerprint density at radius 1 is 1.19 bits per heavy atom. The van der Waals surface area contributed by atoms with E-state index in [1.54, 1.807) is 18.9 Å². The summed E-state index contributed by atoms with van der Waals surface area (Å²) in [4.78, 5) is 14.3. The number of amides is 1. The van der Waals surface area contributed by atoms with Gasteiger partial charge in [-0.05, 0) is 57.1 Å². The smallest absolute Gasteiger partial charge is 0.324 e. The minimum absolute atomic E-state index is 0.0414. The van der Waals surface area contributed by atoms with E-state index < -0.39 is 23.7 Å². The van der Waals surface area contributed by atoms with Gasteiger partial charge < -0.3 is 5.32 Å². The molecule has 0 radical (unpaired) electrons. The summed E-state index contributed by atoms with van der Waals surface area (Å²) < 4.78 is 39.5. The van der Waals surface area contributed by atoms with E-state index in [0.29, 0.717) is 6.54 Å². The van der Waals surface area contributed by atoms with Gasteiger partial charge in [0.05, 0.1) is 17.3 Å². The first kappa shape index (κ1) is 21.3. The van der Waals surface area contributed by atoms with E-state index in [-0.39, 0.29) is 10.7 Å². The molecule has 0 aliphatic carbocycles. The fourth-order valence-electron chi connectivity index (χ4n) is 2.73. The largest absolute Gasteiger partial charge is 0.418 e. The van der Waals surface area contributed by atoms with Crippen LogP contribution < -0.4 is 5.32 Å². The molecule has 3 nitrogen and oxygen atoms in total. The molecule has 0 fully saturated rings. The van der Waals surface area contributed by atoms with Gasteiger partial charge in [-0.3, -0.25) is 9.69 Å². The Morgan fingerprint density at radius 3 is 2.44 bits per heavy atom. The average Bonchev–Trinajstić information content (AvgIpc) is 2.57. The lowest BCUT2D eigenvalue weighted by Gasteiger charge is -2.25. The van der Waals surface area contributed by atoms with Crippen LogP contribution in [-0.4, -0.2) is 23.9 Å². The molecule has 1 amide bonds. The number of nitrogens with one attached hydrogen (secondary N) is 1. The van der Waals surface area contributed by atoms with Gasteiger partial charge in [-0.1, -0.05) is 35.4 Å². The van der Waals surface area contributed by atoms with Crippen LogP contribution in [0.1, 0.15) is 29.2 Å². The zero-order valence-electron chi connectivity index (χ0n) is 15.6. The van der Waals surface area contributed by atoms with E-state index in [1.165, 1.54) is 12.1 Å². The van der Waals surface area contributed by atoms with Crippen molar-refractivity contribution in [3.05, 3.63) is 63.7 Å². The third-order valence-corrected chi connectivity index (χ3v) is 4.74. The second-order valence-corrected chi connectivity index (χ2v) is 7.13. The maximum absolute atomic E-state index is 13.2. The lowest BCUT2D eigenvalue weighted by Crippen LogP contribution is -2.39. The highest BCUT2D eigenvalue weighted by Crippen LogP contribution is 2.36. The van der Waals surface area contributed by atoms with Crippen molar-refractivity contribution >= 4 is 23.2 Å². The van der Waals surface area contributed by atoms with E-state index >= 15 is 0 Å². The number of aryl methyl sites for hydroxylation is 2. The topological polar surface area (TPSA) is 32.3 Å². The zero-order valence-corrected chi connectivity index (χ0v) is 16.4. The molecule has 146 valence electrons. The van der Waals surface area contributed by atoms with Gasteiger partial charge in [0.1, 0.15) is 0 Å². The van der Waals surface area contributed by atoms with Crippen molar-refractivity contribution in [1.29, 1.82) is 0 Å². The molecule has 0 aliphatic heterocycles. The maximum atomic E-state index is 13.2. The summed E-state index contributed by atoms with van der Waals surface area (Å²) in [5, 5.41) is 2.33. The second kappa shape index (κ2) is 8.31. The highest BCUT2D eigenvalue weighted by Gasteiger charge is 2.34. The number of carbonyl (C=O) groups excluding carboxylic acids is 1. The van der Waals surface area contributed by atoms with Gasteiger partial charge in [-0.15, -0.1) is 0 Å². The van der Waals surface area contributed by atoms with Crippen molar-refractivity contribution in [3.63, 3.8) is 0 Å². The molecule has 7 heteroatoms. The van der Waals surface area contributed by atoms with E-state index in [1.807, 2.05) is 26.0 Å². The molecule has 1 atom stereocenters. The average molecular weight is 399 g/mol. The van der Waals surface area contributed by atoms with Crippen molar-refractivity contribution in [3.8, 4) is 0 Å². The summed E-state index contributed by atoms with van der Waals surface area (Å²) in [7, 11) is 1.76. The third kappa shape index (κ3) is 5.47. The maximum Gasteiger partial charge on any atom is 0.418 e. The third-order valence-electron chi connectivity index (χ3n) is 4.50. The van der Waals surface area contributed by atoms with Gasteiger partial charge in [0, 0.05) is 11.6 Å². The highest BCUT2D eigenvalue weighted by atomic mass is 35.5. The van der Waals surface area contributed by atoms with Gasteiger partial charge in [-0.25, -0.2) is 0 Å². The van der Waals surface area contributed by atoms with E-state index in [2.05, 4.69) is 11.4 Å². The SMILES string of the molecule is Cc1ccc(CN(C)C(C)C(=O)Nc2ccc(Cl)cc2C(F)(F)F)c(C)c1. The molecule has 0 saturated heterocycles. The molecule has 27 heavy (non-hydrogen) atoms. The Labute approximate surface area is 162 Å². The summed E-state index contributed by atoms with van der Waals surface area (Å²) in [6.45, 7) is 6.15. The molecule has 0 spiro atoms. The Balaban J connectivity index is 2.13. The van der Waals surface area contributed by atoms with Gasteiger partial charge in [0.25, 0.3) is 0 Å². The van der Waals surface area contributed by atoms with Crippen molar-refractivity contribution in [1.82, 2.24) is 4.90 Å². The van der Waals surface area contributed by atoms with Gasteiger partial charge in [0.15, 0.2) is 0 Å². The summed E-state index contributed by atoms with van der Waals surface area (Å²) in [5.41, 5.74) is 2.04. The molecule has 0 heterocycles. The summed E-state index contributed by atoms with van der Waals surface area (Å²) in [6, 6.07) is 8.70. The molecule has 0 bridgehead atoms.